The molecule has 1 aliphatic carbocycles. The summed E-state index contributed by atoms with van der Waals surface area (Å²) in [6.45, 7) is 0. The highest BCUT2D eigenvalue weighted by molar-refractivity contribution is 5.53. The van der Waals surface area contributed by atoms with Crippen LogP contribution >= 0.6 is 0 Å². The minimum Gasteiger partial charge on any atom is -1.00 e. The van der Waals surface area contributed by atoms with Crippen molar-refractivity contribution in [2.75, 3.05) is 0 Å². The summed E-state index contributed by atoms with van der Waals surface area (Å²) in [5.74, 6) is 0.756. The van der Waals surface area contributed by atoms with Crippen LogP contribution in [0.15, 0.2) is 60.8 Å². The third-order valence-electron chi connectivity index (χ3n) is 4.79. The van der Waals surface area contributed by atoms with Crippen LogP contribution in [0, 0.1) is 0 Å². The third-order valence-corrected chi connectivity index (χ3v) is 4.79. The predicted molar refractivity (Wildman–Crippen MR) is 92.8 cm³/mol. The molecular weight excluding hydrogens is 464 g/mol. The van der Waals surface area contributed by atoms with Crippen LogP contribution in [0.3, 0.4) is 0 Å². The lowest BCUT2D eigenvalue weighted by atomic mass is 9.96. The molecule has 2 nitrogen and oxygen atoms in total. The average molecular weight is 482 g/mol. The van der Waals surface area contributed by atoms with Crippen molar-refractivity contribution in [2.45, 2.75) is 31.9 Å². The highest BCUT2D eigenvalue weighted by Crippen LogP contribution is 2.30. The fourth-order valence-electron chi connectivity index (χ4n) is 3.50. The SMILES string of the molecule is FC(F)(F)c1ccc(-[n+]2c(-c3ccccc3)ncc3c2CCCC3)cc1.[I-]. The van der Waals surface area contributed by atoms with Crippen molar-refractivity contribution in [2.24, 2.45) is 0 Å². The molecule has 0 spiro atoms. The molecule has 0 bridgehead atoms. The molecule has 0 saturated carbocycles. The molecule has 0 aliphatic heterocycles. The summed E-state index contributed by atoms with van der Waals surface area (Å²) in [5.41, 5.74) is 3.34. The Morgan fingerprint density at radius 1 is 0.852 bits per heavy atom. The molecule has 0 saturated heterocycles. The van der Waals surface area contributed by atoms with Crippen LogP contribution in [0.1, 0.15) is 29.7 Å². The Labute approximate surface area is 173 Å². The van der Waals surface area contributed by atoms with Crippen molar-refractivity contribution < 1.29 is 41.7 Å². The lowest BCUT2D eigenvalue weighted by Crippen LogP contribution is -3.00. The summed E-state index contributed by atoms with van der Waals surface area (Å²) >= 11 is 0. The second-order valence-electron chi connectivity index (χ2n) is 6.51. The number of benzene rings is 2. The van der Waals surface area contributed by atoms with E-state index in [4.69, 9.17) is 0 Å². The van der Waals surface area contributed by atoms with E-state index >= 15 is 0 Å². The number of halogens is 4. The normalized spacial score (nSPS) is 13.6. The Bertz CT molecular complexity index is 923. The number of aryl methyl sites for hydroxylation is 1. The highest BCUT2D eigenvalue weighted by Gasteiger charge is 2.31. The summed E-state index contributed by atoms with van der Waals surface area (Å²) in [6, 6.07) is 15.1. The van der Waals surface area contributed by atoms with Gasteiger partial charge in [0.2, 0.25) is 0 Å². The smallest absolute Gasteiger partial charge is 0.416 e. The second kappa shape index (κ2) is 7.96. The van der Waals surface area contributed by atoms with E-state index in [1.807, 2.05) is 41.1 Å². The standard InChI is InChI=1S/C21H18F3N2.HI/c22-21(23,24)17-10-12-18(13-11-17)26-19-9-5-4-8-16(19)14-25-20(26)15-6-2-1-3-7-15;/h1-3,6-7,10-14H,4-5,8-9H2;1H/q+1;/p-1. The molecule has 1 aliphatic rings. The Morgan fingerprint density at radius 2 is 1.52 bits per heavy atom. The molecule has 0 unspecified atom stereocenters. The van der Waals surface area contributed by atoms with Gasteiger partial charge in [-0.25, -0.2) is 0 Å². The van der Waals surface area contributed by atoms with Gasteiger partial charge in [0.05, 0.1) is 11.1 Å². The van der Waals surface area contributed by atoms with Gasteiger partial charge < -0.3 is 24.0 Å². The fraction of sp³-hybridized carbons (Fsp3) is 0.238. The first-order valence-electron chi connectivity index (χ1n) is 8.70. The van der Waals surface area contributed by atoms with Crippen LogP contribution in [0.5, 0.6) is 0 Å². The molecule has 0 radical (unpaired) electrons. The molecule has 27 heavy (non-hydrogen) atoms. The van der Waals surface area contributed by atoms with Gasteiger partial charge >= 0.3 is 12.0 Å². The number of alkyl halides is 3. The van der Waals surface area contributed by atoms with Crippen LogP contribution in [-0.2, 0) is 19.0 Å². The van der Waals surface area contributed by atoms with E-state index in [0.29, 0.717) is 5.69 Å². The van der Waals surface area contributed by atoms with Gasteiger partial charge in [0.1, 0.15) is 17.6 Å². The first-order valence-corrected chi connectivity index (χ1v) is 8.70. The van der Waals surface area contributed by atoms with Gasteiger partial charge in [0.15, 0.2) is 0 Å². The zero-order valence-corrected chi connectivity index (χ0v) is 16.7. The molecule has 6 heteroatoms. The topological polar surface area (TPSA) is 16.8 Å². The van der Waals surface area contributed by atoms with Crippen LogP contribution in [0.25, 0.3) is 17.1 Å². The molecule has 1 heterocycles. The molecule has 0 atom stereocenters. The number of rotatable bonds is 2. The lowest BCUT2D eigenvalue weighted by Gasteiger charge is -2.17. The van der Waals surface area contributed by atoms with Crippen molar-refractivity contribution in [3.8, 4) is 17.1 Å². The summed E-state index contributed by atoms with van der Waals surface area (Å²) in [7, 11) is 0. The largest absolute Gasteiger partial charge is 1.00 e. The van der Waals surface area contributed by atoms with Gasteiger partial charge in [0, 0.05) is 12.0 Å². The Kier molecular flexibility index (Phi) is 5.83. The molecule has 140 valence electrons. The quantitative estimate of drug-likeness (QED) is 0.403. The van der Waals surface area contributed by atoms with E-state index in [1.165, 1.54) is 17.7 Å². The van der Waals surface area contributed by atoms with Gasteiger partial charge in [-0.05, 0) is 60.6 Å². The number of hydrogen-bond acceptors (Lipinski definition) is 1. The summed E-state index contributed by atoms with van der Waals surface area (Å²) in [4.78, 5) is 4.65. The Morgan fingerprint density at radius 3 is 2.19 bits per heavy atom. The van der Waals surface area contributed by atoms with Crippen molar-refractivity contribution in [3.63, 3.8) is 0 Å². The third kappa shape index (κ3) is 4.00. The average Bonchev–Trinajstić information content (AvgIpc) is 2.67. The first-order chi connectivity index (χ1) is 12.5. The molecular formula is C21H18F3IN2. The number of aromatic nitrogens is 2. The molecule has 1 aromatic heterocycles. The maximum atomic E-state index is 12.9. The molecule has 0 amide bonds. The minimum atomic E-state index is -4.33. The molecule has 4 rings (SSSR count). The summed E-state index contributed by atoms with van der Waals surface area (Å²) < 4.78 is 40.8. The van der Waals surface area contributed by atoms with Crippen LogP contribution in [0.4, 0.5) is 13.2 Å². The number of nitrogens with zero attached hydrogens (tertiary/aromatic N) is 2. The maximum Gasteiger partial charge on any atom is 0.416 e. The van der Waals surface area contributed by atoms with Crippen molar-refractivity contribution in [1.29, 1.82) is 0 Å². The summed E-state index contributed by atoms with van der Waals surface area (Å²) in [6.07, 6.45) is 1.63. The van der Waals surface area contributed by atoms with Gasteiger partial charge in [-0.15, -0.1) is 0 Å². The molecule has 0 fully saturated rings. The van der Waals surface area contributed by atoms with Crippen molar-refractivity contribution in [1.82, 2.24) is 4.98 Å². The molecule has 2 aromatic carbocycles. The monoisotopic (exact) mass is 482 g/mol. The highest BCUT2D eigenvalue weighted by atomic mass is 127. The van der Waals surface area contributed by atoms with E-state index in [-0.39, 0.29) is 24.0 Å². The lowest BCUT2D eigenvalue weighted by molar-refractivity contribution is -0.596. The number of hydrogen-bond donors (Lipinski definition) is 0. The minimum absolute atomic E-state index is 0. The van der Waals surface area contributed by atoms with E-state index in [2.05, 4.69) is 4.98 Å². The maximum absolute atomic E-state index is 12.9. The number of fused-ring (bicyclic) bond motifs is 1. The first kappa shape index (κ1) is 19.8. The van der Waals surface area contributed by atoms with E-state index < -0.39 is 11.7 Å². The Hall–Kier alpha value is -1.96. The van der Waals surface area contributed by atoms with Gasteiger partial charge in [-0.2, -0.15) is 17.7 Å². The van der Waals surface area contributed by atoms with Crippen LogP contribution < -0.4 is 28.5 Å². The zero-order chi connectivity index (χ0) is 18.1. The summed E-state index contributed by atoms with van der Waals surface area (Å²) in [5, 5.41) is 0. The predicted octanol–water partition coefficient (Wildman–Crippen LogP) is 1.93. The second-order valence-corrected chi connectivity index (χ2v) is 6.51. The van der Waals surface area contributed by atoms with Crippen molar-refractivity contribution in [3.05, 3.63) is 77.6 Å². The van der Waals surface area contributed by atoms with Crippen LogP contribution in [-0.4, -0.2) is 4.98 Å². The van der Waals surface area contributed by atoms with E-state index in [0.717, 1.165) is 54.9 Å². The van der Waals surface area contributed by atoms with Gasteiger partial charge in [-0.1, -0.05) is 18.2 Å². The van der Waals surface area contributed by atoms with Crippen molar-refractivity contribution >= 4 is 0 Å². The zero-order valence-electron chi connectivity index (χ0n) is 14.5. The van der Waals surface area contributed by atoms with Crippen LogP contribution in [0.2, 0.25) is 0 Å². The van der Waals surface area contributed by atoms with E-state index in [1.54, 1.807) is 0 Å². The fourth-order valence-corrected chi connectivity index (χ4v) is 3.50. The Balaban J connectivity index is 0.00000210. The van der Waals surface area contributed by atoms with Gasteiger partial charge in [-0.3, -0.25) is 0 Å². The van der Waals surface area contributed by atoms with Gasteiger partial charge in [0.25, 0.3) is 0 Å². The van der Waals surface area contributed by atoms with E-state index in [9.17, 15) is 13.2 Å². The molecule has 3 aromatic rings. The molecule has 0 N–H and O–H groups in total.